The van der Waals surface area contributed by atoms with E-state index in [0.717, 1.165) is 12.1 Å². The Morgan fingerprint density at radius 2 is 1.84 bits per heavy atom. The van der Waals surface area contributed by atoms with Crippen molar-refractivity contribution in [2.75, 3.05) is 5.32 Å². The topological polar surface area (TPSA) is 104 Å². The van der Waals surface area contributed by atoms with Crippen LogP contribution in [0.2, 0.25) is 0 Å². The Hall–Kier alpha value is -3.61. The molecule has 4 rings (SSSR count). The number of nitriles is 1. The smallest absolute Gasteiger partial charge is 0.338 e. The molecule has 0 bridgehead atoms. The predicted octanol–water partition coefficient (Wildman–Crippen LogP) is 4.24. The number of aromatic amines is 1. The van der Waals surface area contributed by atoms with Gasteiger partial charge in [-0.15, -0.1) is 0 Å². The molecule has 0 unspecified atom stereocenters. The Morgan fingerprint density at radius 1 is 1.16 bits per heavy atom. The normalized spacial score (nSPS) is 16.3. The number of rotatable bonds is 4. The third-order valence-electron chi connectivity index (χ3n) is 5.67. The molecule has 2 aromatic heterocycles. The molecule has 7 nitrogen and oxygen atoms in total. The molecule has 0 spiro atoms. The quantitative estimate of drug-likeness (QED) is 0.646. The molecule has 160 valence electrons. The zero-order chi connectivity index (χ0) is 22.2. The van der Waals surface area contributed by atoms with Gasteiger partial charge in [-0.2, -0.15) is 23.5 Å². The van der Waals surface area contributed by atoms with E-state index in [9.17, 15) is 28.0 Å². The molecule has 31 heavy (non-hydrogen) atoms. The number of halogens is 3. The Balaban J connectivity index is 1.80. The van der Waals surface area contributed by atoms with Crippen molar-refractivity contribution >= 4 is 28.2 Å². The van der Waals surface area contributed by atoms with E-state index in [4.69, 9.17) is 0 Å². The monoisotopic (exact) mass is 429 g/mol. The summed E-state index contributed by atoms with van der Waals surface area (Å²) >= 11 is 0. The van der Waals surface area contributed by atoms with Gasteiger partial charge in [-0.1, -0.05) is 0 Å². The molecule has 2 N–H and O–H groups in total. The van der Waals surface area contributed by atoms with Crippen LogP contribution in [0, 0.1) is 11.3 Å². The van der Waals surface area contributed by atoms with Gasteiger partial charge in [0.25, 0.3) is 5.56 Å². The third-order valence-corrected chi connectivity index (χ3v) is 5.67. The summed E-state index contributed by atoms with van der Waals surface area (Å²) in [5.74, 6) is 0.289. The Morgan fingerprint density at radius 3 is 2.45 bits per heavy atom. The van der Waals surface area contributed by atoms with E-state index < -0.39 is 22.8 Å². The molecule has 2 heterocycles. The van der Waals surface area contributed by atoms with Gasteiger partial charge in [0.1, 0.15) is 11.2 Å². The van der Waals surface area contributed by atoms with Gasteiger partial charge >= 0.3 is 6.18 Å². The number of nitrogens with one attached hydrogen (secondary N) is 2. The Kier molecular flexibility index (Phi) is 5.05. The zero-order valence-electron chi connectivity index (χ0n) is 16.3. The molecule has 0 amide bonds. The van der Waals surface area contributed by atoms with Crippen LogP contribution < -0.4 is 10.9 Å². The van der Waals surface area contributed by atoms with Gasteiger partial charge in [0.15, 0.2) is 5.82 Å². The van der Waals surface area contributed by atoms with Gasteiger partial charge < -0.3 is 10.3 Å². The maximum absolute atomic E-state index is 12.8. The van der Waals surface area contributed by atoms with Crippen LogP contribution in [0.5, 0.6) is 0 Å². The van der Waals surface area contributed by atoms with Gasteiger partial charge in [-0.3, -0.25) is 14.3 Å². The van der Waals surface area contributed by atoms with Crippen LogP contribution in [-0.2, 0) is 16.5 Å². The number of H-pyrrole nitrogens is 1. The minimum absolute atomic E-state index is 0.115. The lowest BCUT2D eigenvalue weighted by molar-refractivity contribution is -0.137. The highest BCUT2D eigenvalue weighted by Gasteiger charge is 2.39. The summed E-state index contributed by atoms with van der Waals surface area (Å²) in [4.78, 5) is 26.9. The first-order chi connectivity index (χ1) is 14.7. The minimum Gasteiger partial charge on any atom is -0.338 e. The van der Waals surface area contributed by atoms with E-state index in [1.54, 1.807) is 10.7 Å². The molecule has 1 saturated carbocycles. The van der Waals surface area contributed by atoms with Crippen LogP contribution in [0.25, 0.3) is 10.9 Å². The van der Waals surface area contributed by atoms with Gasteiger partial charge in [0.05, 0.1) is 29.1 Å². The fraction of sp³-hybridized carbons (Fsp3) is 0.333. The number of carbonyl (C=O) groups excluding carboxylic acids is 1. The van der Waals surface area contributed by atoms with E-state index in [1.165, 1.54) is 18.3 Å². The number of ketones is 1. The number of pyridine rings is 1. The number of alkyl halides is 3. The van der Waals surface area contributed by atoms with Crippen molar-refractivity contribution in [2.45, 2.75) is 43.8 Å². The molecule has 3 aromatic rings. The van der Waals surface area contributed by atoms with E-state index in [0.29, 0.717) is 36.9 Å². The lowest BCUT2D eigenvalue weighted by Gasteiger charge is -2.35. The second kappa shape index (κ2) is 7.58. The Bertz CT molecular complexity index is 1230. The molecular formula is C21H18F3N5O2. The number of aromatic nitrogens is 3. The first-order valence-corrected chi connectivity index (χ1v) is 9.67. The largest absolute Gasteiger partial charge is 0.416 e. The van der Waals surface area contributed by atoms with Gasteiger partial charge in [-0.05, 0) is 43.2 Å². The van der Waals surface area contributed by atoms with Gasteiger partial charge in [0.2, 0.25) is 0 Å². The summed E-state index contributed by atoms with van der Waals surface area (Å²) in [6.07, 6.45) is -1.40. The maximum Gasteiger partial charge on any atom is 0.416 e. The molecular weight excluding hydrogens is 411 g/mol. The van der Waals surface area contributed by atoms with E-state index in [-0.39, 0.29) is 23.4 Å². The first kappa shape index (κ1) is 20.7. The second-order valence-electron chi connectivity index (χ2n) is 7.63. The number of carbonyl (C=O) groups is 1. The fourth-order valence-corrected chi connectivity index (χ4v) is 4.01. The molecule has 1 aromatic carbocycles. The fourth-order valence-electron chi connectivity index (χ4n) is 4.01. The number of fused-ring (bicyclic) bond motifs is 1. The van der Waals surface area contributed by atoms with Crippen LogP contribution in [-0.4, -0.2) is 20.5 Å². The van der Waals surface area contributed by atoms with Gasteiger partial charge in [-0.25, -0.2) is 0 Å². The van der Waals surface area contributed by atoms with Crippen molar-refractivity contribution in [3.8, 4) is 6.07 Å². The van der Waals surface area contributed by atoms with Crippen molar-refractivity contribution in [1.29, 1.82) is 5.26 Å². The average Bonchev–Trinajstić information content (AvgIpc) is 3.10. The van der Waals surface area contributed by atoms with Crippen molar-refractivity contribution in [3.05, 3.63) is 52.4 Å². The highest BCUT2D eigenvalue weighted by Crippen LogP contribution is 2.39. The van der Waals surface area contributed by atoms with Gasteiger partial charge in [0, 0.05) is 24.7 Å². The lowest BCUT2D eigenvalue weighted by atomic mass is 9.79. The van der Waals surface area contributed by atoms with Crippen molar-refractivity contribution in [3.63, 3.8) is 0 Å². The summed E-state index contributed by atoms with van der Waals surface area (Å²) in [5.41, 5.74) is -1.13. The summed E-state index contributed by atoms with van der Waals surface area (Å²) in [6.45, 7) is 0. The highest BCUT2D eigenvalue weighted by molar-refractivity contribution is 5.91. The first-order valence-electron chi connectivity index (χ1n) is 9.67. The number of Topliss-reactive ketones (excluding diaryl/α,β-unsaturated/α-hetero) is 1. The summed E-state index contributed by atoms with van der Waals surface area (Å²) in [5, 5.41) is 17.1. The Labute approximate surface area is 174 Å². The highest BCUT2D eigenvalue weighted by atomic mass is 19.4. The summed E-state index contributed by atoms with van der Waals surface area (Å²) in [6, 6.07) is 8.23. The molecule has 1 aliphatic carbocycles. The molecule has 1 aliphatic rings. The molecule has 0 aliphatic heterocycles. The average molecular weight is 429 g/mol. The second-order valence-corrected chi connectivity index (χ2v) is 7.63. The van der Waals surface area contributed by atoms with Crippen molar-refractivity contribution < 1.29 is 18.0 Å². The number of benzene rings is 1. The van der Waals surface area contributed by atoms with E-state index in [1.807, 2.05) is 0 Å². The standard InChI is InChI=1S/C21H18F3N5O2/c22-21(23,24)13-1-3-14(4-2-13)27-18-17-16(7-12-26-19(17)31)29(28-18)20(10-11-25)8-5-15(30)6-9-20/h1-4,7,12H,5-6,8-10H2,(H,26,31)(H,27,28). The van der Waals surface area contributed by atoms with E-state index >= 15 is 0 Å². The predicted molar refractivity (Wildman–Crippen MR) is 107 cm³/mol. The van der Waals surface area contributed by atoms with Crippen LogP contribution in [0.3, 0.4) is 0 Å². The molecule has 10 heteroatoms. The summed E-state index contributed by atoms with van der Waals surface area (Å²) in [7, 11) is 0. The third kappa shape index (κ3) is 3.79. The minimum atomic E-state index is -4.45. The summed E-state index contributed by atoms with van der Waals surface area (Å²) < 4.78 is 40.1. The number of anilines is 2. The van der Waals surface area contributed by atoms with Crippen LogP contribution in [0.4, 0.5) is 24.7 Å². The maximum atomic E-state index is 12.8. The molecule has 0 radical (unpaired) electrons. The zero-order valence-corrected chi connectivity index (χ0v) is 16.3. The van der Waals surface area contributed by atoms with Crippen LogP contribution in [0.1, 0.15) is 37.7 Å². The van der Waals surface area contributed by atoms with Crippen molar-refractivity contribution in [1.82, 2.24) is 14.8 Å². The molecule has 1 fully saturated rings. The molecule has 0 atom stereocenters. The van der Waals surface area contributed by atoms with Crippen LogP contribution in [0.15, 0.2) is 41.3 Å². The molecule has 0 saturated heterocycles. The number of hydrogen-bond donors (Lipinski definition) is 2. The lowest BCUT2D eigenvalue weighted by Crippen LogP contribution is -2.38. The SMILES string of the molecule is N#CCC1(n2nc(Nc3ccc(C(F)(F)F)cc3)c3c(=O)[nH]ccc32)CCC(=O)CC1. The van der Waals surface area contributed by atoms with Crippen molar-refractivity contribution in [2.24, 2.45) is 0 Å². The number of hydrogen-bond acceptors (Lipinski definition) is 5. The van der Waals surface area contributed by atoms with Crippen LogP contribution >= 0.6 is 0 Å². The van der Waals surface area contributed by atoms with E-state index in [2.05, 4.69) is 21.5 Å². The number of nitrogens with zero attached hydrogens (tertiary/aromatic N) is 3.